The van der Waals surface area contributed by atoms with E-state index < -0.39 is 5.97 Å². The van der Waals surface area contributed by atoms with E-state index in [0.717, 1.165) is 0 Å². The van der Waals surface area contributed by atoms with Crippen molar-refractivity contribution < 1.29 is 18.8 Å². The summed E-state index contributed by atoms with van der Waals surface area (Å²) in [7, 11) is 2.81. The number of nitrogens with zero attached hydrogens (tertiary/aromatic N) is 2. The highest BCUT2D eigenvalue weighted by Crippen LogP contribution is 2.21. The molecule has 1 aromatic heterocycles. The maximum atomic E-state index is 11.1. The molecule has 0 saturated heterocycles. The molecule has 0 amide bonds. The highest BCUT2D eigenvalue weighted by Gasteiger charge is 2.16. The number of carbonyl (C=O) groups is 1. The summed E-state index contributed by atoms with van der Waals surface area (Å²) in [6.45, 7) is 0. The third-order valence-corrected chi connectivity index (χ3v) is 2.11. The van der Waals surface area contributed by atoms with Crippen LogP contribution in [0.1, 0.15) is 10.7 Å². The largest absolute Gasteiger partial charge is 0.497 e. The van der Waals surface area contributed by atoms with Crippen molar-refractivity contribution in [2.45, 2.75) is 0 Å². The molecule has 0 bridgehead atoms. The first-order valence-corrected chi connectivity index (χ1v) is 4.81. The number of carbonyl (C=O) groups excluding carboxylic acids is 1. The molecule has 0 spiro atoms. The van der Waals surface area contributed by atoms with Gasteiger partial charge in [-0.3, -0.25) is 0 Å². The van der Waals surface area contributed by atoms with Gasteiger partial charge in [0.2, 0.25) is 5.82 Å². The first kappa shape index (κ1) is 11.1. The Hall–Kier alpha value is -2.37. The van der Waals surface area contributed by atoms with Gasteiger partial charge in [0.1, 0.15) is 5.75 Å². The molecule has 88 valence electrons. The second kappa shape index (κ2) is 4.65. The van der Waals surface area contributed by atoms with Crippen molar-refractivity contribution in [1.82, 2.24) is 10.1 Å². The molecule has 6 heteroatoms. The molecule has 0 N–H and O–H groups in total. The Bertz CT molecular complexity index is 536. The molecule has 6 nitrogen and oxygen atoms in total. The predicted molar refractivity (Wildman–Crippen MR) is 57.6 cm³/mol. The Kier molecular flexibility index (Phi) is 3.04. The molecule has 1 heterocycles. The van der Waals surface area contributed by atoms with Gasteiger partial charge in [-0.15, -0.1) is 0 Å². The zero-order valence-electron chi connectivity index (χ0n) is 9.34. The first-order chi connectivity index (χ1) is 8.24. The Labute approximate surface area is 97.2 Å². The molecular weight excluding hydrogens is 224 g/mol. The fourth-order valence-corrected chi connectivity index (χ4v) is 1.27. The number of esters is 1. The Balaban J connectivity index is 2.33. The average Bonchev–Trinajstić information content (AvgIpc) is 2.87. The summed E-state index contributed by atoms with van der Waals surface area (Å²) in [6, 6.07) is 7.12. The van der Waals surface area contributed by atoms with Gasteiger partial charge in [-0.25, -0.2) is 4.79 Å². The van der Waals surface area contributed by atoms with E-state index in [-0.39, 0.29) is 5.89 Å². The van der Waals surface area contributed by atoms with E-state index in [0.29, 0.717) is 17.1 Å². The van der Waals surface area contributed by atoms with Crippen LogP contribution in [0.5, 0.6) is 5.75 Å². The molecule has 17 heavy (non-hydrogen) atoms. The lowest BCUT2D eigenvalue weighted by molar-refractivity contribution is 0.0545. The van der Waals surface area contributed by atoms with Crippen LogP contribution < -0.4 is 4.74 Å². The number of benzene rings is 1. The molecule has 0 unspecified atom stereocenters. The minimum Gasteiger partial charge on any atom is -0.497 e. The van der Waals surface area contributed by atoms with E-state index in [1.807, 2.05) is 0 Å². The van der Waals surface area contributed by atoms with Crippen LogP contribution in [0.4, 0.5) is 0 Å². The minimum atomic E-state index is -0.661. The van der Waals surface area contributed by atoms with Gasteiger partial charge in [0.15, 0.2) is 0 Å². The lowest BCUT2D eigenvalue weighted by Gasteiger charge is -1.99. The van der Waals surface area contributed by atoms with Crippen LogP contribution in [-0.4, -0.2) is 30.3 Å². The average molecular weight is 234 g/mol. The van der Waals surface area contributed by atoms with Crippen molar-refractivity contribution in [2.24, 2.45) is 0 Å². The topological polar surface area (TPSA) is 74.5 Å². The van der Waals surface area contributed by atoms with Crippen molar-refractivity contribution in [1.29, 1.82) is 0 Å². The van der Waals surface area contributed by atoms with Gasteiger partial charge in [-0.1, -0.05) is 17.3 Å². The molecule has 0 aliphatic heterocycles. The van der Waals surface area contributed by atoms with E-state index in [9.17, 15) is 4.79 Å². The summed E-state index contributed by atoms with van der Waals surface area (Å²) in [5.74, 6) is 0.146. The molecule has 0 fully saturated rings. The first-order valence-electron chi connectivity index (χ1n) is 4.81. The van der Waals surface area contributed by atoms with Gasteiger partial charge in [-0.2, -0.15) is 4.98 Å². The highest BCUT2D eigenvalue weighted by atomic mass is 16.6. The lowest BCUT2D eigenvalue weighted by Crippen LogP contribution is -2.00. The third-order valence-electron chi connectivity index (χ3n) is 2.11. The van der Waals surface area contributed by atoms with Gasteiger partial charge in [0, 0.05) is 5.56 Å². The highest BCUT2D eigenvalue weighted by molar-refractivity contribution is 5.84. The summed E-state index contributed by atoms with van der Waals surface area (Å²) in [5, 5.41) is 3.69. The molecule has 0 saturated carbocycles. The zero-order valence-corrected chi connectivity index (χ0v) is 9.34. The molecule has 2 aromatic rings. The van der Waals surface area contributed by atoms with Crippen LogP contribution in [0, 0.1) is 0 Å². The third kappa shape index (κ3) is 2.25. The summed E-state index contributed by atoms with van der Waals surface area (Å²) in [4.78, 5) is 15.1. The molecule has 0 atom stereocenters. The van der Waals surface area contributed by atoms with E-state index >= 15 is 0 Å². The molecule has 1 aromatic carbocycles. The lowest BCUT2D eigenvalue weighted by atomic mass is 10.2. The van der Waals surface area contributed by atoms with Gasteiger partial charge < -0.3 is 14.0 Å². The number of hydrogen-bond acceptors (Lipinski definition) is 6. The smallest absolute Gasteiger partial charge is 0.397 e. The molecular formula is C11H10N2O4. The van der Waals surface area contributed by atoms with E-state index in [4.69, 9.17) is 9.26 Å². The van der Waals surface area contributed by atoms with Crippen molar-refractivity contribution in [3.8, 4) is 17.1 Å². The van der Waals surface area contributed by atoms with Crippen LogP contribution >= 0.6 is 0 Å². The van der Waals surface area contributed by atoms with Crippen LogP contribution in [0.3, 0.4) is 0 Å². The number of aromatic nitrogens is 2. The quantitative estimate of drug-likeness (QED) is 0.750. The summed E-state index contributed by atoms with van der Waals surface area (Å²) in [6.07, 6.45) is 0. The zero-order chi connectivity index (χ0) is 12.3. The summed E-state index contributed by atoms with van der Waals surface area (Å²) < 4.78 is 14.3. The van der Waals surface area contributed by atoms with E-state index in [1.54, 1.807) is 31.4 Å². The van der Waals surface area contributed by atoms with Gasteiger partial charge in [-0.05, 0) is 12.1 Å². The summed E-state index contributed by atoms with van der Waals surface area (Å²) in [5.41, 5.74) is 0.697. The van der Waals surface area contributed by atoms with Crippen LogP contribution in [0.25, 0.3) is 11.4 Å². The molecule has 0 aliphatic rings. The fraction of sp³-hybridized carbons (Fsp3) is 0.182. The second-order valence-electron chi connectivity index (χ2n) is 3.15. The predicted octanol–water partition coefficient (Wildman–Crippen LogP) is 1.53. The normalized spacial score (nSPS) is 10.0. The van der Waals surface area contributed by atoms with E-state index in [2.05, 4.69) is 14.9 Å². The fourth-order valence-electron chi connectivity index (χ4n) is 1.27. The van der Waals surface area contributed by atoms with Gasteiger partial charge >= 0.3 is 11.9 Å². The standard InChI is InChI=1S/C11H10N2O4/c1-15-8-5-3-4-7(6-8)9-12-10(17-13-9)11(14)16-2/h3-6H,1-2H3. The maximum absolute atomic E-state index is 11.1. The number of methoxy groups -OCH3 is 2. The second-order valence-corrected chi connectivity index (χ2v) is 3.15. The molecule has 0 aliphatic carbocycles. The molecule has 2 rings (SSSR count). The minimum absolute atomic E-state index is 0.176. The number of ether oxygens (including phenoxy) is 2. The van der Waals surface area contributed by atoms with E-state index in [1.165, 1.54) is 7.11 Å². The van der Waals surface area contributed by atoms with Crippen molar-refractivity contribution >= 4 is 5.97 Å². The molecule has 0 radical (unpaired) electrons. The van der Waals surface area contributed by atoms with Crippen LogP contribution in [0.2, 0.25) is 0 Å². The van der Waals surface area contributed by atoms with Crippen LogP contribution in [0.15, 0.2) is 28.8 Å². The van der Waals surface area contributed by atoms with Crippen molar-refractivity contribution in [3.63, 3.8) is 0 Å². The SMILES string of the molecule is COC(=O)c1nc(-c2cccc(OC)c2)no1. The van der Waals surface area contributed by atoms with Crippen LogP contribution in [-0.2, 0) is 4.74 Å². The van der Waals surface area contributed by atoms with Gasteiger partial charge in [0.05, 0.1) is 14.2 Å². The number of rotatable bonds is 3. The summed E-state index contributed by atoms with van der Waals surface area (Å²) >= 11 is 0. The Morgan fingerprint density at radius 3 is 2.88 bits per heavy atom. The number of hydrogen-bond donors (Lipinski definition) is 0. The maximum Gasteiger partial charge on any atom is 0.397 e. The Morgan fingerprint density at radius 2 is 2.18 bits per heavy atom. The van der Waals surface area contributed by atoms with Crippen molar-refractivity contribution in [2.75, 3.05) is 14.2 Å². The van der Waals surface area contributed by atoms with Crippen molar-refractivity contribution in [3.05, 3.63) is 30.2 Å². The van der Waals surface area contributed by atoms with Gasteiger partial charge in [0.25, 0.3) is 0 Å². The monoisotopic (exact) mass is 234 g/mol. The Morgan fingerprint density at radius 1 is 1.35 bits per heavy atom.